The molecule has 1 aromatic rings. The van der Waals surface area contributed by atoms with E-state index < -0.39 is 16.6 Å². The molecule has 1 fully saturated rings. The molecule has 8 heteroatoms. The van der Waals surface area contributed by atoms with E-state index in [1.165, 1.54) is 0 Å². The highest BCUT2D eigenvalue weighted by molar-refractivity contribution is 6.75. The molecular weight excluding hydrogens is 512 g/mol. The van der Waals surface area contributed by atoms with E-state index in [1.807, 2.05) is 13.0 Å². The molecule has 1 heterocycles. The van der Waals surface area contributed by atoms with E-state index in [4.69, 9.17) is 23.1 Å². The van der Waals surface area contributed by atoms with Crippen LogP contribution in [0.1, 0.15) is 73.3 Å². The Bertz CT molecular complexity index is 950. The average Bonchev–Trinajstić information content (AvgIpc) is 2.78. The summed E-state index contributed by atoms with van der Waals surface area (Å²) < 4.78 is 30.5. The van der Waals surface area contributed by atoms with Crippen molar-refractivity contribution in [3.05, 3.63) is 35.4 Å². The second-order valence-electron chi connectivity index (χ2n) is 13.3. The van der Waals surface area contributed by atoms with Gasteiger partial charge in [0.15, 0.2) is 6.29 Å². The van der Waals surface area contributed by atoms with Gasteiger partial charge in [-0.15, -0.1) is 0 Å². The van der Waals surface area contributed by atoms with Crippen molar-refractivity contribution in [2.75, 3.05) is 19.8 Å². The summed E-state index contributed by atoms with van der Waals surface area (Å²) in [4.78, 5) is 12.3. The number of carbonyl (C=O) groups is 1. The van der Waals surface area contributed by atoms with Crippen molar-refractivity contribution in [1.82, 2.24) is 0 Å². The van der Waals surface area contributed by atoms with Crippen LogP contribution in [0.3, 0.4) is 0 Å². The first-order chi connectivity index (χ1) is 17.4. The molecule has 216 valence electrons. The molecule has 1 aliphatic rings. The Kier molecular flexibility index (Phi) is 11.3. The minimum Gasteiger partial charge on any atom is -0.541 e. The van der Waals surface area contributed by atoms with Crippen LogP contribution in [0.25, 0.3) is 0 Å². The fraction of sp³-hybridized carbons (Fsp3) is 0.700. The summed E-state index contributed by atoms with van der Waals surface area (Å²) in [7, 11) is -4.21. The number of hydrogen-bond donors (Lipinski definition) is 0. The molecule has 0 bridgehead atoms. The van der Waals surface area contributed by atoms with Gasteiger partial charge in [-0.3, -0.25) is 0 Å². The third kappa shape index (κ3) is 9.54. The van der Waals surface area contributed by atoms with Crippen molar-refractivity contribution in [3.8, 4) is 11.5 Å². The van der Waals surface area contributed by atoms with Crippen LogP contribution < -0.4 is 8.85 Å². The molecule has 0 amide bonds. The van der Waals surface area contributed by atoms with Gasteiger partial charge < -0.3 is 23.1 Å². The van der Waals surface area contributed by atoms with Crippen molar-refractivity contribution in [1.29, 1.82) is 0 Å². The SMILES string of the molecule is CCOC(=O)/C=C(/COC1CCCCO1)Cc1ccc(O[Si](C)(C)C(C)(C)C)c(O[Si](C)(C)C(C)(C)C)c1. The zero-order chi connectivity index (χ0) is 28.8. The Labute approximate surface area is 233 Å². The number of esters is 1. The van der Waals surface area contributed by atoms with Crippen LogP contribution in [-0.2, 0) is 25.4 Å². The molecule has 1 aromatic carbocycles. The molecule has 6 nitrogen and oxygen atoms in total. The third-order valence-electron chi connectivity index (χ3n) is 7.98. The zero-order valence-corrected chi connectivity index (χ0v) is 27.8. The summed E-state index contributed by atoms with van der Waals surface area (Å²) >= 11 is 0. The van der Waals surface area contributed by atoms with Crippen LogP contribution in [0, 0.1) is 0 Å². The van der Waals surface area contributed by atoms with Crippen molar-refractivity contribution in [2.24, 2.45) is 0 Å². The Morgan fingerprint density at radius 1 is 0.974 bits per heavy atom. The first-order valence-electron chi connectivity index (χ1n) is 14.1. The van der Waals surface area contributed by atoms with Gasteiger partial charge in [0.2, 0.25) is 0 Å². The predicted molar refractivity (Wildman–Crippen MR) is 160 cm³/mol. The lowest BCUT2D eigenvalue weighted by molar-refractivity contribution is -0.157. The molecule has 1 aliphatic heterocycles. The number of ether oxygens (including phenoxy) is 3. The van der Waals surface area contributed by atoms with Gasteiger partial charge in [0, 0.05) is 12.7 Å². The minimum atomic E-state index is -2.13. The fourth-order valence-corrected chi connectivity index (χ4v) is 5.52. The number of benzene rings is 1. The number of rotatable bonds is 11. The maximum absolute atomic E-state index is 12.3. The first-order valence-corrected chi connectivity index (χ1v) is 19.9. The topological polar surface area (TPSA) is 63.2 Å². The maximum Gasteiger partial charge on any atom is 0.330 e. The lowest BCUT2D eigenvalue weighted by Crippen LogP contribution is -2.45. The van der Waals surface area contributed by atoms with Crippen molar-refractivity contribution in [2.45, 2.75) is 117 Å². The molecule has 1 unspecified atom stereocenters. The summed E-state index contributed by atoms with van der Waals surface area (Å²) in [5.41, 5.74) is 1.87. The van der Waals surface area contributed by atoms with E-state index in [0.29, 0.717) is 26.2 Å². The standard InChI is InChI=1S/C30H52O6Si2/c1-12-32-27(31)21-24(22-34-28-15-13-14-18-33-28)19-23-16-17-25(35-37(8,9)29(2,3)4)26(20-23)36-38(10,11)30(5,6)7/h16-17,20-21,28H,12-15,18-19,22H2,1-11H3/b24-21+. The summed E-state index contributed by atoms with van der Waals surface area (Å²) in [5.74, 6) is 1.23. The molecule has 2 rings (SSSR count). The van der Waals surface area contributed by atoms with Gasteiger partial charge in [0.05, 0.1) is 13.2 Å². The van der Waals surface area contributed by atoms with E-state index >= 15 is 0 Å². The highest BCUT2D eigenvalue weighted by atomic mass is 28.4. The first kappa shape index (κ1) is 32.6. The van der Waals surface area contributed by atoms with Gasteiger partial charge in [0.1, 0.15) is 11.5 Å². The molecule has 0 N–H and O–H groups in total. The van der Waals surface area contributed by atoms with Crippen LogP contribution in [0.5, 0.6) is 11.5 Å². The average molecular weight is 565 g/mol. The molecule has 0 saturated carbocycles. The molecule has 1 saturated heterocycles. The lowest BCUT2D eigenvalue weighted by atomic mass is 10.0. The van der Waals surface area contributed by atoms with Gasteiger partial charge in [-0.05, 0) is 92.1 Å². The monoisotopic (exact) mass is 564 g/mol. The van der Waals surface area contributed by atoms with Crippen LogP contribution >= 0.6 is 0 Å². The Morgan fingerprint density at radius 3 is 2.11 bits per heavy atom. The van der Waals surface area contributed by atoms with E-state index in [0.717, 1.165) is 41.9 Å². The smallest absolute Gasteiger partial charge is 0.330 e. The van der Waals surface area contributed by atoms with Gasteiger partial charge in [-0.1, -0.05) is 47.6 Å². The van der Waals surface area contributed by atoms with E-state index in [1.54, 1.807) is 6.08 Å². The lowest BCUT2D eigenvalue weighted by Gasteiger charge is -2.39. The largest absolute Gasteiger partial charge is 0.541 e. The Morgan fingerprint density at radius 2 is 1.58 bits per heavy atom. The summed E-state index contributed by atoms with van der Waals surface area (Å²) in [5, 5.41) is 0.105. The number of carbonyl (C=O) groups excluding carboxylic acids is 1. The molecule has 0 radical (unpaired) electrons. The van der Waals surface area contributed by atoms with Crippen molar-refractivity contribution in [3.63, 3.8) is 0 Å². The summed E-state index contributed by atoms with van der Waals surface area (Å²) in [6, 6.07) is 6.18. The normalized spacial score (nSPS) is 17.8. The second kappa shape index (κ2) is 13.2. The highest BCUT2D eigenvalue weighted by Crippen LogP contribution is 2.44. The zero-order valence-electron chi connectivity index (χ0n) is 25.8. The van der Waals surface area contributed by atoms with Gasteiger partial charge in [-0.25, -0.2) is 4.79 Å². The molecule has 0 aromatic heterocycles. The van der Waals surface area contributed by atoms with Crippen molar-refractivity contribution >= 4 is 22.6 Å². The van der Waals surface area contributed by atoms with Gasteiger partial charge >= 0.3 is 5.97 Å². The fourth-order valence-electron chi connectivity index (χ4n) is 3.48. The third-order valence-corrected chi connectivity index (χ3v) is 16.7. The van der Waals surface area contributed by atoms with Crippen LogP contribution in [-0.4, -0.2) is 48.7 Å². The van der Waals surface area contributed by atoms with E-state index in [2.05, 4.69) is 79.9 Å². The van der Waals surface area contributed by atoms with Crippen molar-refractivity contribution < 1.29 is 27.9 Å². The van der Waals surface area contributed by atoms with E-state index in [-0.39, 0.29) is 22.3 Å². The Hall–Kier alpha value is -1.62. The van der Waals surface area contributed by atoms with Crippen LogP contribution in [0.4, 0.5) is 0 Å². The van der Waals surface area contributed by atoms with Crippen LogP contribution in [0.15, 0.2) is 29.8 Å². The molecule has 0 aliphatic carbocycles. The summed E-state index contributed by atoms with van der Waals surface area (Å²) in [6.07, 6.45) is 4.89. The van der Waals surface area contributed by atoms with E-state index in [9.17, 15) is 4.79 Å². The van der Waals surface area contributed by atoms with Gasteiger partial charge in [0.25, 0.3) is 16.6 Å². The minimum absolute atomic E-state index is 0.0417. The quantitative estimate of drug-likeness (QED) is 0.154. The Balaban J connectivity index is 2.40. The molecule has 1 atom stereocenters. The second-order valence-corrected chi connectivity index (χ2v) is 22.8. The molecule has 0 spiro atoms. The maximum atomic E-state index is 12.3. The predicted octanol–water partition coefficient (Wildman–Crippen LogP) is 8.03. The number of hydrogen-bond acceptors (Lipinski definition) is 6. The highest BCUT2D eigenvalue weighted by Gasteiger charge is 2.42. The summed E-state index contributed by atoms with van der Waals surface area (Å²) in [6.45, 7) is 25.6. The molecule has 38 heavy (non-hydrogen) atoms. The van der Waals surface area contributed by atoms with Crippen LogP contribution in [0.2, 0.25) is 36.3 Å². The van der Waals surface area contributed by atoms with Gasteiger partial charge in [-0.2, -0.15) is 0 Å². The molecular formula is C30H52O6Si2.